The van der Waals surface area contributed by atoms with Crippen molar-refractivity contribution < 1.29 is 27.1 Å². The van der Waals surface area contributed by atoms with Crippen LogP contribution in [0.4, 0.5) is 17.6 Å². The molecule has 0 saturated carbocycles. The van der Waals surface area contributed by atoms with E-state index in [4.69, 9.17) is 10.5 Å². The highest BCUT2D eigenvalue weighted by Crippen LogP contribution is 2.35. The minimum Gasteiger partial charge on any atom is -0.379 e. The largest absolute Gasteiger partial charge is 0.419 e. The van der Waals surface area contributed by atoms with Gasteiger partial charge in [-0.1, -0.05) is 0 Å². The Morgan fingerprint density at radius 2 is 2.10 bits per heavy atom. The van der Waals surface area contributed by atoms with Gasteiger partial charge < -0.3 is 10.5 Å². The van der Waals surface area contributed by atoms with E-state index in [1.54, 1.807) is 0 Å². The summed E-state index contributed by atoms with van der Waals surface area (Å²) < 4.78 is 56.2. The molecule has 1 aliphatic rings. The summed E-state index contributed by atoms with van der Waals surface area (Å²) in [6, 6.07) is 1.59. The minimum atomic E-state index is -4.85. The minimum absolute atomic E-state index is 0.0335. The van der Waals surface area contributed by atoms with Crippen molar-refractivity contribution in [3.63, 3.8) is 0 Å². The zero-order valence-corrected chi connectivity index (χ0v) is 10.6. The highest BCUT2D eigenvalue weighted by Gasteiger charge is 2.45. The molecule has 7 heteroatoms. The van der Waals surface area contributed by atoms with Gasteiger partial charge in [0.05, 0.1) is 24.2 Å². The van der Waals surface area contributed by atoms with Crippen LogP contribution in [-0.2, 0) is 10.9 Å². The second-order valence-corrected chi connectivity index (χ2v) is 5.06. The summed E-state index contributed by atoms with van der Waals surface area (Å²) in [6.45, 7) is 1.73. The quantitative estimate of drug-likeness (QED) is 0.672. The molecule has 3 nitrogen and oxygen atoms in total. The van der Waals surface area contributed by atoms with Gasteiger partial charge in [-0.25, -0.2) is 4.39 Å². The fourth-order valence-electron chi connectivity index (χ4n) is 2.14. The standard InChI is InChI=1S/C13H13F4NO2/c1-12(6-20-5-10(12)18)11(19)7-2-3-9(14)8(4-7)13(15,16)17/h2-4,10H,5-6,18H2,1H3. The van der Waals surface area contributed by atoms with Crippen LogP contribution in [-0.4, -0.2) is 25.0 Å². The van der Waals surface area contributed by atoms with Crippen molar-refractivity contribution >= 4 is 5.78 Å². The molecule has 0 aliphatic carbocycles. The first kappa shape index (κ1) is 14.9. The van der Waals surface area contributed by atoms with E-state index >= 15 is 0 Å². The van der Waals surface area contributed by atoms with Crippen molar-refractivity contribution in [2.45, 2.75) is 19.1 Å². The predicted molar refractivity (Wildman–Crippen MR) is 62.6 cm³/mol. The number of Topliss-reactive ketones (excluding diaryl/α,β-unsaturated/α-hetero) is 1. The van der Waals surface area contributed by atoms with Crippen LogP contribution in [0.5, 0.6) is 0 Å². The van der Waals surface area contributed by atoms with Crippen molar-refractivity contribution in [2.24, 2.45) is 11.1 Å². The highest BCUT2D eigenvalue weighted by atomic mass is 19.4. The van der Waals surface area contributed by atoms with E-state index in [-0.39, 0.29) is 18.8 Å². The van der Waals surface area contributed by atoms with Crippen molar-refractivity contribution in [1.82, 2.24) is 0 Å². The van der Waals surface area contributed by atoms with Gasteiger partial charge in [-0.15, -0.1) is 0 Å². The van der Waals surface area contributed by atoms with E-state index in [1.165, 1.54) is 6.92 Å². The van der Waals surface area contributed by atoms with Crippen LogP contribution in [0, 0.1) is 11.2 Å². The molecule has 1 heterocycles. The van der Waals surface area contributed by atoms with E-state index in [1.807, 2.05) is 0 Å². The number of nitrogens with two attached hydrogens (primary N) is 1. The Morgan fingerprint density at radius 1 is 1.45 bits per heavy atom. The molecule has 1 fully saturated rings. The summed E-state index contributed by atoms with van der Waals surface area (Å²) in [5.74, 6) is -1.99. The number of hydrogen-bond donors (Lipinski definition) is 1. The van der Waals surface area contributed by atoms with Crippen LogP contribution in [0.25, 0.3) is 0 Å². The average molecular weight is 291 g/mol. The maximum Gasteiger partial charge on any atom is 0.419 e. The Kier molecular flexibility index (Phi) is 3.60. The van der Waals surface area contributed by atoms with Gasteiger partial charge in [-0.3, -0.25) is 4.79 Å². The second kappa shape index (κ2) is 4.82. The Hall–Kier alpha value is -1.47. The van der Waals surface area contributed by atoms with Gasteiger partial charge in [-0.05, 0) is 25.1 Å². The first-order valence-electron chi connectivity index (χ1n) is 5.91. The third-order valence-electron chi connectivity index (χ3n) is 3.57. The Morgan fingerprint density at radius 3 is 2.60 bits per heavy atom. The maximum absolute atomic E-state index is 13.2. The SMILES string of the molecule is CC1(C(=O)c2ccc(F)c(C(F)(F)F)c2)COCC1N. The zero-order valence-electron chi connectivity index (χ0n) is 10.6. The molecular formula is C13H13F4NO2. The van der Waals surface area contributed by atoms with Crippen LogP contribution in [0.2, 0.25) is 0 Å². The van der Waals surface area contributed by atoms with Gasteiger partial charge in [0.1, 0.15) is 5.82 Å². The lowest BCUT2D eigenvalue weighted by Gasteiger charge is -2.25. The van der Waals surface area contributed by atoms with Crippen LogP contribution < -0.4 is 5.73 Å². The summed E-state index contributed by atoms with van der Waals surface area (Å²) in [6.07, 6.45) is -4.85. The number of ketones is 1. The molecular weight excluding hydrogens is 278 g/mol. The number of rotatable bonds is 2. The fraction of sp³-hybridized carbons (Fsp3) is 0.462. The molecule has 1 saturated heterocycles. The van der Waals surface area contributed by atoms with Crippen molar-refractivity contribution in [3.8, 4) is 0 Å². The molecule has 2 atom stereocenters. The molecule has 2 N–H and O–H groups in total. The van der Waals surface area contributed by atoms with Gasteiger partial charge >= 0.3 is 6.18 Å². The lowest BCUT2D eigenvalue weighted by Crippen LogP contribution is -2.44. The van der Waals surface area contributed by atoms with Gasteiger partial charge in [0.2, 0.25) is 0 Å². The molecule has 2 unspecified atom stereocenters. The Bertz CT molecular complexity index is 544. The molecule has 0 spiro atoms. The summed E-state index contributed by atoms with van der Waals surface area (Å²) in [7, 11) is 0. The smallest absolute Gasteiger partial charge is 0.379 e. The molecule has 2 rings (SSSR count). The van der Waals surface area contributed by atoms with E-state index in [0.717, 1.165) is 6.07 Å². The molecule has 0 bridgehead atoms. The van der Waals surface area contributed by atoms with Crippen LogP contribution in [0.3, 0.4) is 0 Å². The molecule has 1 aliphatic heterocycles. The van der Waals surface area contributed by atoms with Crippen LogP contribution in [0.15, 0.2) is 18.2 Å². The summed E-state index contributed by atoms with van der Waals surface area (Å²) in [5.41, 5.74) is 2.99. The Balaban J connectivity index is 2.41. The predicted octanol–water partition coefficient (Wildman–Crippen LogP) is 2.39. The molecule has 0 radical (unpaired) electrons. The van der Waals surface area contributed by atoms with Gasteiger partial charge in [0, 0.05) is 11.6 Å². The van der Waals surface area contributed by atoms with Gasteiger partial charge in [0.25, 0.3) is 0 Å². The second-order valence-electron chi connectivity index (χ2n) is 5.06. The van der Waals surface area contributed by atoms with Crippen molar-refractivity contribution in [2.75, 3.05) is 13.2 Å². The molecule has 20 heavy (non-hydrogen) atoms. The molecule has 1 aromatic rings. The topological polar surface area (TPSA) is 52.3 Å². The van der Waals surface area contributed by atoms with Crippen LogP contribution >= 0.6 is 0 Å². The third kappa shape index (κ3) is 2.43. The summed E-state index contributed by atoms with van der Waals surface area (Å²) in [4.78, 5) is 12.3. The summed E-state index contributed by atoms with van der Waals surface area (Å²) in [5, 5.41) is 0. The maximum atomic E-state index is 13.2. The number of carbonyl (C=O) groups is 1. The third-order valence-corrected chi connectivity index (χ3v) is 3.57. The van der Waals surface area contributed by atoms with E-state index in [0.29, 0.717) is 12.1 Å². The number of carbonyl (C=O) groups excluding carboxylic acids is 1. The van der Waals surface area contributed by atoms with Gasteiger partial charge in [-0.2, -0.15) is 13.2 Å². The molecule has 110 valence electrons. The van der Waals surface area contributed by atoms with E-state index < -0.39 is 34.8 Å². The average Bonchev–Trinajstić information content (AvgIpc) is 2.69. The lowest BCUT2D eigenvalue weighted by atomic mass is 9.78. The highest BCUT2D eigenvalue weighted by molar-refractivity contribution is 6.01. The van der Waals surface area contributed by atoms with E-state index in [9.17, 15) is 22.4 Å². The Labute approximate surface area is 112 Å². The number of benzene rings is 1. The van der Waals surface area contributed by atoms with Crippen LogP contribution in [0.1, 0.15) is 22.8 Å². The molecule has 0 aromatic heterocycles. The van der Waals surface area contributed by atoms with E-state index in [2.05, 4.69) is 0 Å². The summed E-state index contributed by atoms with van der Waals surface area (Å²) >= 11 is 0. The first-order chi connectivity index (χ1) is 9.16. The monoisotopic (exact) mass is 291 g/mol. The number of halogens is 4. The lowest BCUT2D eigenvalue weighted by molar-refractivity contribution is -0.140. The molecule has 0 amide bonds. The first-order valence-corrected chi connectivity index (χ1v) is 5.91. The van der Waals surface area contributed by atoms with Crippen molar-refractivity contribution in [3.05, 3.63) is 35.1 Å². The number of ether oxygens (including phenoxy) is 1. The number of alkyl halides is 3. The fourth-order valence-corrected chi connectivity index (χ4v) is 2.14. The zero-order chi connectivity index (χ0) is 15.1. The normalized spacial score (nSPS) is 26.8. The van der Waals surface area contributed by atoms with Crippen molar-refractivity contribution in [1.29, 1.82) is 0 Å². The van der Waals surface area contributed by atoms with Gasteiger partial charge in [0.15, 0.2) is 5.78 Å². The number of hydrogen-bond acceptors (Lipinski definition) is 3. The molecule has 1 aromatic carbocycles.